The number of pyridine rings is 1. The highest BCUT2D eigenvalue weighted by molar-refractivity contribution is 7.90. The van der Waals surface area contributed by atoms with Crippen molar-refractivity contribution in [2.75, 3.05) is 26.1 Å². The van der Waals surface area contributed by atoms with E-state index in [4.69, 9.17) is 25.8 Å². The van der Waals surface area contributed by atoms with E-state index in [0.717, 1.165) is 6.42 Å². The Morgan fingerprint density at radius 2 is 1.92 bits per heavy atom. The van der Waals surface area contributed by atoms with Crippen molar-refractivity contribution in [2.45, 2.75) is 39.3 Å². The molecule has 1 heterocycles. The van der Waals surface area contributed by atoms with Crippen molar-refractivity contribution in [2.24, 2.45) is 0 Å². The highest BCUT2D eigenvalue weighted by atomic mass is 35.5. The number of carbonyl (C=O) groups is 1. The maximum Gasteiger partial charge on any atom is 0.417 e. The second-order valence-corrected chi connectivity index (χ2v) is 10.2. The van der Waals surface area contributed by atoms with Crippen molar-refractivity contribution in [3.8, 4) is 17.4 Å². The predicted molar refractivity (Wildman–Crippen MR) is 133 cm³/mol. The van der Waals surface area contributed by atoms with Crippen molar-refractivity contribution in [1.29, 1.82) is 0 Å². The van der Waals surface area contributed by atoms with E-state index in [2.05, 4.69) is 4.98 Å². The first-order valence-electron chi connectivity index (χ1n) is 11.3. The zero-order chi connectivity index (χ0) is 27.6. The summed E-state index contributed by atoms with van der Waals surface area (Å²) in [6.45, 7) is 3.85. The van der Waals surface area contributed by atoms with E-state index in [-0.39, 0.29) is 34.6 Å². The molecule has 0 unspecified atom stereocenters. The molecular formula is C24H28ClF3N2O6S. The van der Waals surface area contributed by atoms with Crippen molar-refractivity contribution in [1.82, 2.24) is 9.71 Å². The molecule has 8 nitrogen and oxygen atoms in total. The molecule has 1 N–H and O–H groups in total. The lowest BCUT2D eigenvalue weighted by Gasteiger charge is -2.14. The Labute approximate surface area is 218 Å². The van der Waals surface area contributed by atoms with Crippen molar-refractivity contribution < 1.29 is 40.6 Å². The highest BCUT2D eigenvalue weighted by Gasteiger charge is 2.32. The van der Waals surface area contributed by atoms with Crippen molar-refractivity contribution in [3.63, 3.8) is 0 Å². The number of nitrogens with one attached hydrogen (secondary N) is 1. The number of benzene rings is 1. The van der Waals surface area contributed by atoms with Crippen LogP contribution in [0.1, 0.15) is 44.2 Å². The van der Waals surface area contributed by atoms with E-state index >= 15 is 0 Å². The average molecular weight is 565 g/mol. The average Bonchev–Trinajstić information content (AvgIpc) is 2.81. The monoisotopic (exact) mass is 564 g/mol. The molecule has 0 aliphatic heterocycles. The summed E-state index contributed by atoms with van der Waals surface area (Å²) < 4.78 is 81.4. The van der Waals surface area contributed by atoms with Gasteiger partial charge in [-0.2, -0.15) is 13.2 Å². The first-order valence-corrected chi connectivity index (χ1v) is 13.3. The van der Waals surface area contributed by atoms with Gasteiger partial charge < -0.3 is 14.2 Å². The molecule has 1 aromatic heterocycles. The van der Waals surface area contributed by atoms with Gasteiger partial charge in [0.05, 0.1) is 17.9 Å². The summed E-state index contributed by atoms with van der Waals surface area (Å²) in [5.41, 5.74) is -0.703. The molecule has 204 valence electrons. The van der Waals surface area contributed by atoms with Gasteiger partial charge in [0, 0.05) is 30.5 Å². The number of amides is 1. The molecule has 0 aliphatic rings. The van der Waals surface area contributed by atoms with E-state index in [0.29, 0.717) is 43.0 Å². The number of halogens is 4. The summed E-state index contributed by atoms with van der Waals surface area (Å²) in [6.07, 6.45) is -0.732. The first kappa shape index (κ1) is 30.4. The second kappa shape index (κ2) is 13.6. The molecule has 0 fully saturated rings. The lowest BCUT2D eigenvalue weighted by Crippen LogP contribution is -2.33. The number of rotatable bonds is 13. The van der Waals surface area contributed by atoms with Gasteiger partial charge >= 0.3 is 6.18 Å². The summed E-state index contributed by atoms with van der Waals surface area (Å²) in [5.74, 6) is -0.915. The van der Waals surface area contributed by atoms with Crippen LogP contribution in [0.5, 0.6) is 17.4 Å². The summed E-state index contributed by atoms with van der Waals surface area (Å²) in [6, 6.07) is 5.22. The number of sulfonamides is 1. The zero-order valence-electron chi connectivity index (χ0n) is 20.5. The van der Waals surface area contributed by atoms with Crippen LogP contribution in [0.25, 0.3) is 6.08 Å². The van der Waals surface area contributed by atoms with Gasteiger partial charge in [-0.05, 0) is 37.6 Å². The van der Waals surface area contributed by atoms with E-state index in [1.54, 1.807) is 6.07 Å². The zero-order valence-corrected chi connectivity index (χ0v) is 22.1. The molecule has 2 rings (SSSR count). The topological polar surface area (TPSA) is 104 Å². The Hall–Kier alpha value is -2.83. The number of methoxy groups -OCH3 is 1. The van der Waals surface area contributed by atoms with E-state index < -0.39 is 27.7 Å². The summed E-state index contributed by atoms with van der Waals surface area (Å²) in [5, 5.41) is -0.386. The number of hydrogen-bond donors (Lipinski definition) is 1. The number of carbonyl (C=O) groups excluding carboxylic acids is 1. The minimum atomic E-state index is -4.64. The Morgan fingerprint density at radius 3 is 2.54 bits per heavy atom. The molecule has 1 aromatic carbocycles. The van der Waals surface area contributed by atoms with Crippen LogP contribution in [0.4, 0.5) is 13.2 Å². The number of unbranched alkanes of at least 4 members (excludes halogenated alkanes) is 2. The third-order valence-electron chi connectivity index (χ3n) is 4.88. The molecule has 13 heteroatoms. The smallest absolute Gasteiger partial charge is 0.417 e. The van der Waals surface area contributed by atoms with Gasteiger partial charge in [0.25, 0.3) is 5.91 Å². The van der Waals surface area contributed by atoms with Crippen LogP contribution in [0.2, 0.25) is 5.02 Å². The largest absolute Gasteiger partial charge is 0.491 e. The van der Waals surface area contributed by atoms with Crippen molar-refractivity contribution >= 4 is 33.6 Å². The number of ether oxygens (including phenoxy) is 3. The minimum Gasteiger partial charge on any atom is -0.491 e. The molecule has 0 saturated heterocycles. The van der Waals surface area contributed by atoms with E-state index in [1.165, 1.54) is 32.2 Å². The molecule has 0 atom stereocenters. The molecule has 0 spiro atoms. The molecular weight excluding hydrogens is 537 g/mol. The van der Waals surface area contributed by atoms with E-state index in [1.807, 2.05) is 11.6 Å². The molecule has 0 bridgehead atoms. The maximum atomic E-state index is 13.0. The molecule has 1 amide bonds. The van der Waals surface area contributed by atoms with Gasteiger partial charge in [0.15, 0.2) is 0 Å². The number of nitrogens with zero attached hydrogens (tertiary/aromatic N) is 1. The molecule has 37 heavy (non-hydrogen) atoms. The van der Waals surface area contributed by atoms with Crippen LogP contribution in [0.3, 0.4) is 0 Å². The standard InChI is InChI=1S/C24H28ClF3N2O6S/c1-4-5-6-11-37(32,33)30-22(31)16(2)12-17-7-8-19(35-10-9-34-3)14-21(17)36-23-20(25)13-18(15-29-23)24(26,27)28/h7-8,12-15H,4-6,9-11H2,1-3H3,(H,30,31). The van der Waals surface area contributed by atoms with Gasteiger partial charge in [-0.25, -0.2) is 18.1 Å². The quantitative estimate of drug-likeness (QED) is 0.249. The van der Waals surface area contributed by atoms with Crippen LogP contribution in [0, 0.1) is 0 Å². The normalized spacial score (nSPS) is 12.4. The van der Waals surface area contributed by atoms with Crippen LogP contribution in [-0.2, 0) is 25.7 Å². The van der Waals surface area contributed by atoms with Gasteiger partial charge in [-0.15, -0.1) is 0 Å². The lowest BCUT2D eigenvalue weighted by molar-refractivity contribution is -0.137. The number of aromatic nitrogens is 1. The van der Waals surface area contributed by atoms with E-state index in [9.17, 15) is 26.4 Å². The van der Waals surface area contributed by atoms with Crippen LogP contribution < -0.4 is 14.2 Å². The summed E-state index contributed by atoms with van der Waals surface area (Å²) >= 11 is 5.98. The van der Waals surface area contributed by atoms with Gasteiger partial charge in [0.2, 0.25) is 15.9 Å². The Kier molecular flexibility index (Phi) is 11.2. The summed E-state index contributed by atoms with van der Waals surface area (Å²) in [7, 11) is -2.31. The minimum absolute atomic E-state index is 0.0449. The predicted octanol–water partition coefficient (Wildman–Crippen LogP) is 5.61. The molecule has 0 saturated carbocycles. The van der Waals surface area contributed by atoms with Crippen molar-refractivity contribution in [3.05, 3.63) is 52.2 Å². The molecule has 2 aromatic rings. The Balaban J connectivity index is 2.35. The fraction of sp³-hybridized carbons (Fsp3) is 0.417. The van der Waals surface area contributed by atoms with Crippen LogP contribution in [0.15, 0.2) is 36.0 Å². The fourth-order valence-corrected chi connectivity index (χ4v) is 4.26. The highest BCUT2D eigenvalue weighted by Crippen LogP contribution is 2.37. The maximum absolute atomic E-state index is 13.0. The van der Waals surface area contributed by atoms with Gasteiger partial charge in [0.1, 0.15) is 23.1 Å². The van der Waals surface area contributed by atoms with Crippen LogP contribution >= 0.6 is 11.6 Å². The second-order valence-electron chi connectivity index (χ2n) is 7.94. The third kappa shape index (κ3) is 9.86. The summed E-state index contributed by atoms with van der Waals surface area (Å²) in [4.78, 5) is 16.2. The molecule has 0 radical (unpaired) electrons. The fourth-order valence-electron chi connectivity index (χ4n) is 2.93. The lowest BCUT2D eigenvalue weighted by atomic mass is 10.1. The molecule has 0 aliphatic carbocycles. The SMILES string of the molecule is CCCCCS(=O)(=O)NC(=O)C(C)=Cc1ccc(OCCOC)cc1Oc1ncc(C(F)(F)F)cc1Cl. The number of hydrogen-bond acceptors (Lipinski definition) is 7. The Bertz CT molecular complexity index is 1220. The van der Waals surface area contributed by atoms with Crippen LogP contribution in [-0.4, -0.2) is 45.4 Å². The Morgan fingerprint density at radius 1 is 1.19 bits per heavy atom. The van der Waals surface area contributed by atoms with Gasteiger partial charge in [-0.3, -0.25) is 4.79 Å². The third-order valence-corrected chi connectivity index (χ3v) is 6.47. The number of alkyl halides is 3. The first-order chi connectivity index (χ1) is 17.4. The van der Waals surface area contributed by atoms with Gasteiger partial charge in [-0.1, -0.05) is 31.4 Å².